The Bertz CT molecular complexity index is 687. The highest BCUT2D eigenvalue weighted by molar-refractivity contribution is 5.80. The number of halogens is 2. The highest BCUT2D eigenvalue weighted by Gasteiger charge is 2.21. The van der Waals surface area contributed by atoms with Crippen molar-refractivity contribution < 1.29 is 13.6 Å². The normalized spacial score (nSPS) is 17.0. The van der Waals surface area contributed by atoms with Crippen molar-refractivity contribution in [3.8, 4) is 0 Å². The SMILES string of the molecule is CN=C(NCC(C)c1ccc(F)c(F)c1)N1CCN(CC(=O)NC(C)C)CC1. The molecule has 1 aliphatic rings. The molecule has 0 saturated carbocycles. The minimum Gasteiger partial charge on any atom is -0.356 e. The molecule has 0 aromatic heterocycles. The van der Waals surface area contributed by atoms with Crippen molar-refractivity contribution in [2.24, 2.45) is 4.99 Å². The average molecular weight is 395 g/mol. The van der Waals surface area contributed by atoms with Crippen LogP contribution in [0, 0.1) is 11.6 Å². The van der Waals surface area contributed by atoms with Gasteiger partial charge in [-0.15, -0.1) is 0 Å². The molecule has 0 aliphatic carbocycles. The van der Waals surface area contributed by atoms with E-state index < -0.39 is 11.6 Å². The molecule has 1 fully saturated rings. The van der Waals surface area contributed by atoms with Gasteiger partial charge in [0, 0.05) is 45.8 Å². The Morgan fingerprint density at radius 1 is 1.14 bits per heavy atom. The molecule has 1 aliphatic heterocycles. The van der Waals surface area contributed by atoms with Crippen molar-refractivity contribution in [3.63, 3.8) is 0 Å². The third-order valence-electron chi connectivity index (χ3n) is 4.78. The molecule has 1 aromatic rings. The second kappa shape index (κ2) is 10.4. The molecule has 1 atom stereocenters. The van der Waals surface area contributed by atoms with Gasteiger partial charge in [-0.3, -0.25) is 14.7 Å². The van der Waals surface area contributed by atoms with Gasteiger partial charge < -0.3 is 15.5 Å². The maximum absolute atomic E-state index is 13.4. The highest BCUT2D eigenvalue weighted by Crippen LogP contribution is 2.17. The van der Waals surface area contributed by atoms with E-state index in [4.69, 9.17) is 0 Å². The highest BCUT2D eigenvalue weighted by atomic mass is 19.2. The van der Waals surface area contributed by atoms with E-state index in [1.54, 1.807) is 13.1 Å². The molecule has 1 unspecified atom stereocenters. The van der Waals surface area contributed by atoms with Gasteiger partial charge in [-0.25, -0.2) is 8.78 Å². The van der Waals surface area contributed by atoms with Gasteiger partial charge >= 0.3 is 0 Å². The molecule has 28 heavy (non-hydrogen) atoms. The predicted octanol–water partition coefficient (Wildman–Crippen LogP) is 1.79. The lowest BCUT2D eigenvalue weighted by molar-refractivity contribution is -0.123. The van der Waals surface area contributed by atoms with Crippen LogP contribution in [-0.2, 0) is 4.79 Å². The number of rotatable bonds is 6. The first kappa shape index (κ1) is 22.1. The zero-order chi connectivity index (χ0) is 20.7. The molecule has 2 rings (SSSR count). The molecule has 1 aromatic carbocycles. The number of carbonyl (C=O) groups excluding carboxylic acids is 1. The molecule has 1 saturated heterocycles. The maximum Gasteiger partial charge on any atom is 0.234 e. The summed E-state index contributed by atoms with van der Waals surface area (Å²) in [5.74, 6) is -0.828. The number of guanidine groups is 1. The monoisotopic (exact) mass is 395 g/mol. The second-order valence-electron chi connectivity index (χ2n) is 7.49. The topological polar surface area (TPSA) is 60.0 Å². The van der Waals surface area contributed by atoms with Gasteiger partial charge in [0.1, 0.15) is 0 Å². The molecular formula is C20H31F2N5O. The van der Waals surface area contributed by atoms with Crippen LogP contribution >= 0.6 is 0 Å². The summed E-state index contributed by atoms with van der Waals surface area (Å²) < 4.78 is 26.5. The summed E-state index contributed by atoms with van der Waals surface area (Å²) in [5.41, 5.74) is 0.739. The largest absolute Gasteiger partial charge is 0.356 e. The van der Waals surface area contributed by atoms with Crippen molar-refractivity contribution in [3.05, 3.63) is 35.4 Å². The van der Waals surface area contributed by atoms with Crippen molar-refractivity contribution in [2.75, 3.05) is 46.3 Å². The summed E-state index contributed by atoms with van der Waals surface area (Å²) in [6.07, 6.45) is 0. The third kappa shape index (κ3) is 6.44. The van der Waals surface area contributed by atoms with E-state index in [-0.39, 0.29) is 17.9 Å². The number of nitrogens with zero attached hydrogens (tertiary/aromatic N) is 3. The van der Waals surface area contributed by atoms with Gasteiger partial charge in [0.05, 0.1) is 6.54 Å². The number of hydrogen-bond acceptors (Lipinski definition) is 3. The van der Waals surface area contributed by atoms with Crippen molar-refractivity contribution in [1.82, 2.24) is 20.4 Å². The number of amides is 1. The summed E-state index contributed by atoms with van der Waals surface area (Å²) in [4.78, 5) is 20.5. The summed E-state index contributed by atoms with van der Waals surface area (Å²) >= 11 is 0. The van der Waals surface area contributed by atoms with E-state index in [1.165, 1.54) is 6.07 Å². The average Bonchev–Trinajstić information content (AvgIpc) is 2.64. The number of piperazine rings is 1. The number of benzene rings is 1. The lowest BCUT2D eigenvalue weighted by Gasteiger charge is -2.36. The smallest absolute Gasteiger partial charge is 0.234 e. The third-order valence-corrected chi connectivity index (χ3v) is 4.78. The van der Waals surface area contributed by atoms with Gasteiger partial charge in [-0.05, 0) is 37.5 Å². The molecule has 0 bridgehead atoms. The molecule has 1 heterocycles. The van der Waals surface area contributed by atoms with E-state index in [9.17, 15) is 13.6 Å². The van der Waals surface area contributed by atoms with Crippen LogP contribution < -0.4 is 10.6 Å². The molecule has 1 amide bonds. The molecule has 0 radical (unpaired) electrons. The Labute approximate surface area is 166 Å². The van der Waals surface area contributed by atoms with Crippen LogP contribution in [0.1, 0.15) is 32.3 Å². The van der Waals surface area contributed by atoms with Gasteiger partial charge in [0.25, 0.3) is 0 Å². The molecule has 2 N–H and O–H groups in total. The zero-order valence-corrected chi connectivity index (χ0v) is 17.1. The summed E-state index contributed by atoms with van der Waals surface area (Å²) in [6.45, 7) is 9.94. The summed E-state index contributed by atoms with van der Waals surface area (Å²) in [6, 6.07) is 4.15. The lowest BCUT2D eigenvalue weighted by atomic mass is 10.0. The van der Waals surface area contributed by atoms with Crippen molar-refractivity contribution in [1.29, 1.82) is 0 Å². The summed E-state index contributed by atoms with van der Waals surface area (Å²) in [7, 11) is 1.73. The predicted molar refractivity (Wildman–Crippen MR) is 107 cm³/mol. The fraction of sp³-hybridized carbons (Fsp3) is 0.600. The van der Waals surface area contributed by atoms with Crippen LogP contribution in [0.3, 0.4) is 0 Å². The lowest BCUT2D eigenvalue weighted by Crippen LogP contribution is -2.54. The van der Waals surface area contributed by atoms with Crippen molar-refractivity contribution >= 4 is 11.9 Å². The Balaban J connectivity index is 1.81. The first-order valence-electron chi connectivity index (χ1n) is 9.72. The number of hydrogen-bond donors (Lipinski definition) is 2. The molecule has 6 nitrogen and oxygen atoms in total. The van der Waals surface area contributed by atoms with Crippen LogP contribution in [-0.4, -0.2) is 74.0 Å². The Morgan fingerprint density at radius 2 is 1.82 bits per heavy atom. The Morgan fingerprint density at radius 3 is 2.39 bits per heavy atom. The van der Waals surface area contributed by atoms with Crippen LogP contribution in [0.4, 0.5) is 8.78 Å². The first-order valence-corrected chi connectivity index (χ1v) is 9.72. The number of carbonyl (C=O) groups is 1. The van der Waals surface area contributed by atoms with E-state index in [2.05, 4.69) is 25.4 Å². The van der Waals surface area contributed by atoms with Crippen molar-refractivity contribution in [2.45, 2.75) is 32.7 Å². The minimum absolute atomic E-state index is 0.00729. The fourth-order valence-electron chi connectivity index (χ4n) is 3.20. The van der Waals surface area contributed by atoms with E-state index in [1.807, 2.05) is 20.8 Å². The Kier molecular flexibility index (Phi) is 8.17. The van der Waals surface area contributed by atoms with E-state index in [0.717, 1.165) is 43.8 Å². The van der Waals surface area contributed by atoms with E-state index in [0.29, 0.717) is 13.1 Å². The molecule has 0 spiro atoms. The molecular weight excluding hydrogens is 364 g/mol. The van der Waals surface area contributed by atoms with Crippen LogP contribution in [0.25, 0.3) is 0 Å². The van der Waals surface area contributed by atoms with Gasteiger partial charge in [-0.1, -0.05) is 13.0 Å². The number of nitrogens with one attached hydrogen (secondary N) is 2. The first-order chi connectivity index (χ1) is 13.3. The zero-order valence-electron chi connectivity index (χ0n) is 17.1. The second-order valence-corrected chi connectivity index (χ2v) is 7.49. The van der Waals surface area contributed by atoms with Gasteiger partial charge in [0.2, 0.25) is 5.91 Å². The fourth-order valence-corrected chi connectivity index (χ4v) is 3.20. The maximum atomic E-state index is 13.4. The minimum atomic E-state index is -0.834. The number of aliphatic imine (C=N–C) groups is 1. The van der Waals surface area contributed by atoms with Crippen LogP contribution in [0.2, 0.25) is 0 Å². The molecule has 156 valence electrons. The standard InChI is InChI=1S/C20H31F2N5O/c1-14(2)25-19(28)13-26-7-9-27(10-8-26)20(23-4)24-12-15(3)16-5-6-17(21)18(22)11-16/h5-6,11,14-15H,7-10,12-13H2,1-4H3,(H,23,24)(H,25,28). The molecule has 8 heteroatoms. The van der Waals surface area contributed by atoms with Crippen LogP contribution in [0.15, 0.2) is 23.2 Å². The summed E-state index contributed by atoms with van der Waals surface area (Å²) in [5, 5.41) is 6.23. The quantitative estimate of drug-likeness (QED) is 0.570. The van der Waals surface area contributed by atoms with Gasteiger partial charge in [-0.2, -0.15) is 0 Å². The van der Waals surface area contributed by atoms with E-state index >= 15 is 0 Å². The van der Waals surface area contributed by atoms with Gasteiger partial charge in [0.15, 0.2) is 17.6 Å². The van der Waals surface area contributed by atoms with Crippen LogP contribution in [0.5, 0.6) is 0 Å². The Hall–Kier alpha value is -2.22.